The predicted molar refractivity (Wildman–Crippen MR) is 71.2 cm³/mol. The van der Waals surface area contributed by atoms with Crippen molar-refractivity contribution in [2.75, 3.05) is 6.54 Å². The zero-order valence-corrected chi connectivity index (χ0v) is 10.7. The second-order valence-corrected chi connectivity index (χ2v) is 5.28. The van der Waals surface area contributed by atoms with E-state index in [1.807, 2.05) is 6.07 Å². The van der Waals surface area contributed by atoms with Gasteiger partial charge in [-0.05, 0) is 43.0 Å². The molecule has 3 nitrogen and oxygen atoms in total. The third-order valence-corrected chi connectivity index (χ3v) is 3.85. The largest absolute Gasteiger partial charge is 0.460 e. The minimum atomic E-state index is -0.248. The number of hydrogen-bond acceptors (Lipinski definition) is 3. The van der Waals surface area contributed by atoms with Gasteiger partial charge in [0.05, 0.1) is 12.6 Å². The number of halogens is 1. The van der Waals surface area contributed by atoms with Gasteiger partial charge in [-0.25, -0.2) is 4.39 Å². The van der Waals surface area contributed by atoms with Crippen molar-refractivity contribution < 1.29 is 13.9 Å². The molecule has 1 aliphatic rings. The zero-order valence-electron chi connectivity index (χ0n) is 10.7. The standard InChI is InChI=1S/C15H18FNO2/c16-12-4-5-15-11(6-12)7-13(19-15)9-17-8-10-2-1-3-14(10)18/h4-7,10,14,17-18H,1-3,8-9H2. The summed E-state index contributed by atoms with van der Waals surface area (Å²) in [5, 5.41) is 13.8. The Morgan fingerprint density at radius 3 is 3.00 bits per heavy atom. The topological polar surface area (TPSA) is 45.4 Å². The molecule has 0 saturated heterocycles. The van der Waals surface area contributed by atoms with Crippen LogP contribution in [0.15, 0.2) is 28.7 Å². The Bertz CT molecular complexity index is 566. The highest BCUT2D eigenvalue weighted by atomic mass is 19.1. The minimum Gasteiger partial charge on any atom is -0.460 e. The van der Waals surface area contributed by atoms with E-state index in [9.17, 15) is 9.50 Å². The predicted octanol–water partition coefficient (Wildman–Crippen LogP) is 2.82. The maximum absolute atomic E-state index is 13.1. The quantitative estimate of drug-likeness (QED) is 0.891. The van der Waals surface area contributed by atoms with Crippen molar-refractivity contribution >= 4 is 11.0 Å². The molecule has 1 fully saturated rings. The number of nitrogens with one attached hydrogen (secondary N) is 1. The van der Waals surface area contributed by atoms with Crippen molar-refractivity contribution in [1.29, 1.82) is 0 Å². The second kappa shape index (κ2) is 5.31. The SMILES string of the molecule is OC1CCCC1CNCc1cc2cc(F)ccc2o1. The Morgan fingerprint density at radius 1 is 1.32 bits per heavy atom. The first-order chi connectivity index (χ1) is 9.22. The van der Waals surface area contributed by atoms with Crippen LogP contribution in [0.1, 0.15) is 25.0 Å². The highest BCUT2D eigenvalue weighted by molar-refractivity contribution is 5.77. The van der Waals surface area contributed by atoms with Crippen molar-refractivity contribution in [2.24, 2.45) is 5.92 Å². The highest BCUT2D eigenvalue weighted by Gasteiger charge is 2.24. The summed E-state index contributed by atoms with van der Waals surface area (Å²) in [6.45, 7) is 1.41. The molecule has 3 rings (SSSR count). The highest BCUT2D eigenvalue weighted by Crippen LogP contribution is 2.25. The molecule has 1 aromatic carbocycles. The van der Waals surface area contributed by atoms with Crippen LogP contribution in [0.5, 0.6) is 0 Å². The van der Waals surface area contributed by atoms with E-state index in [-0.39, 0.29) is 11.9 Å². The molecule has 2 aromatic rings. The maximum atomic E-state index is 13.1. The average molecular weight is 263 g/mol. The summed E-state index contributed by atoms with van der Waals surface area (Å²) < 4.78 is 18.7. The van der Waals surface area contributed by atoms with Gasteiger partial charge in [-0.3, -0.25) is 0 Å². The summed E-state index contributed by atoms with van der Waals surface area (Å²) in [4.78, 5) is 0. The molecule has 2 unspecified atom stereocenters. The Labute approximate surface area is 111 Å². The van der Waals surface area contributed by atoms with Crippen molar-refractivity contribution in [3.8, 4) is 0 Å². The number of rotatable bonds is 4. The molecule has 1 aromatic heterocycles. The first-order valence-corrected chi connectivity index (χ1v) is 6.79. The van der Waals surface area contributed by atoms with E-state index in [4.69, 9.17) is 4.42 Å². The van der Waals surface area contributed by atoms with Crippen LogP contribution in [0.2, 0.25) is 0 Å². The van der Waals surface area contributed by atoms with Gasteiger partial charge in [0.25, 0.3) is 0 Å². The molecule has 0 radical (unpaired) electrons. The molecule has 0 amide bonds. The van der Waals surface area contributed by atoms with Crippen molar-refractivity contribution in [3.05, 3.63) is 35.8 Å². The van der Waals surface area contributed by atoms with Gasteiger partial charge in [0.15, 0.2) is 0 Å². The molecule has 2 atom stereocenters. The molecule has 2 N–H and O–H groups in total. The lowest BCUT2D eigenvalue weighted by molar-refractivity contribution is 0.131. The molecule has 102 valence electrons. The van der Waals surface area contributed by atoms with E-state index in [1.54, 1.807) is 6.07 Å². The Morgan fingerprint density at radius 2 is 2.21 bits per heavy atom. The normalized spacial score (nSPS) is 23.3. The Kier molecular flexibility index (Phi) is 3.53. The van der Waals surface area contributed by atoms with Crippen LogP contribution in [-0.4, -0.2) is 17.8 Å². The van der Waals surface area contributed by atoms with E-state index < -0.39 is 0 Å². The summed E-state index contributed by atoms with van der Waals surface area (Å²) in [5.41, 5.74) is 0.708. The van der Waals surface area contributed by atoms with Gasteiger partial charge >= 0.3 is 0 Å². The summed E-state index contributed by atoms with van der Waals surface area (Å²) >= 11 is 0. The zero-order chi connectivity index (χ0) is 13.2. The van der Waals surface area contributed by atoms with Crippen molar-refractivity contribution in [1.82, 2.24) is 5.32 Å². The van der Waals surface area contributed by atoms with Crippen LogP contribution in [0.4, 0.5) is 4.39 Å². The van der Waals surface area contributed by atoms with Gasteiger partial charge in [-0.1, -0.05) is 6.42 Å². The van der Waals surface area contributed by atoms with E-state index in [0.29, 0.717) is 18.0 Å². The van der Waals surface area contributed by atoms with E-state index in [2.05, 4.69) is 5.32 Å². The van der Waals surface area contributed by atoms with Gasteiger partial charge < -0.3 is 14.8 Å². The molecule has 1 saturated carbocycles. The molecule has 0 spiro atoms. The van der Waals surface area contributed by atoms with Crippen LogP contribution >= 0.6 is 0 Å². The van der Waals surface area contributed by atoms with Crippen LogP contribution in [0.25, 0.3) is 11.0 Å². The van der Waals surface area contributed by atoms with Crippen LogP contribution in [0, 0.1) is 11.7 Å². The number of aliphatic hydroxyl groups is 1. The molecule has 19 heavy (non-hydrogen) atoms. The smallest absolute Gasteiger partial charge is 0.134 e. The number of hydrogen-bond donors (Lipinski definition) is 2. The third-order valence-electron chi connectivity index (χ3n) is 3.85. The molecular weight excluding hydrogens is 245 g/mol. The van der Waals surface area contributed by atoms with Gasteiger partial charge in [0.1, 0.15) is 17.2 Å². The van der Waals surface area contributed by atoms with E-state index in [1.165, 1.54) is 12.1 Å². The first kappa shape index (κ1) is 12.6. The number of benzene rings is 1. The lowest BCUT2D eigenvalue weighted by atomic mass is 10.1. The Balaban J connectivity index is 1.59. The fraction of sp³-hybridized carbons (Fsp3) is 0.467. The number of furan rings is 1. The maximum Gasteiger partial charge on any atom is 0.134 e. The van der Waals surface area contributed by atoms with Crippen molar-refractivity contribution in [3.63, 3.8) is 0 Å². The summed E-state index contributed by atoms with van der Waals surface area (Å²) in [7, 11) is 0. The van der Waals surface area contributed by atoms with E-state index in [0.717, 1.165) is 37.0 Å². The third kappa shape index (κ3) is 2.80. The van der Waals surface area contributed by atoms with Gasteiger partial charge in [-0.2, -0.15) is 0 Å². The monoisotopic (exact) mass is 263 g/mol. The van der Waals surface area contributed by atoms with Gasteiger partial charge in [-0.15, -0.1) is 0 Å². The van der Waals surface area contributed by atoms with Gasteiger partial charge in [0, 0.05) is 11.9 Å². The Hall–Kier alpha value is -1.39. The molecular formula is C15H18FNO2. The molecule has 0 bridgehead atoms. The minimum absolute atomic E-state index is 0.169. The van der Waals surface area contributed by atoms with Crippen LogP contribution < -0.4 is 5.32 Å². The average Bonchev–Trinajstić information content (AvgIpc) is 2.95. The fourth-order valence-corrected chi connectivity index (χ4v) is 2.79. The lowest BCUT2D eigenvalue weighted by Gasteiger charge is -2.14. The van der Waals surface area contributed by atoms with Crippen molar-refractivity contribution in [2.45, 2.75) is 31.9 Å². The first-order valence-electron chi connectivity index (χ1n) is 6.79. The van der Waals surface area contributed by atoms with E-state index >= 15 is 0 Å². The lowest BCUT2D eigenvalue weighted by Crippen LogP contribution is -2.27. The molecule has 1 aliphatic carbocycles. The van der Waals surface area contributed by atoms with Crippen LogP contribution in [-0.2, 0) is 6.54 Å². The second-order valence-electron chi connectivity index (χ2n) is 5.28. The summed E-state index contributed by atoms with van der Waals surface area (Å²) in [5.74, 6) is 0.900. The van der Waals surface area contributed by atoms with Crippen LogP contribution in [0.3, 0.4) is 0 Å². The molecule has 4 heteroatoms. The molecule has 0 aliphatic heterocycles. The summed E-state index contributed by atoms with van der Waals surface area (Å²) in [6, 6.07) is 6.38. The number of fused-ring (bicyclic) bond motifs is 1. The summed E-state index contributed by atoms with van der Waals surface area (Å²) in [6.07, 6.45) is 2.94. The number of aliphatic hydroxyl groups excluding tert-OH is 1. The molecule has 1 heterocycles. The van der Waals surface area contributed by atoms with Gasteiger partial charge in [0.2, 0.25) is 0 Å². The fourth-order valence-electron chi connectivity index (χ4n) is 2.79.